The quantitative estimate of drug-likeness (QED) is 0.550. The highest BCUT2D eigenvalue weighted by molar-refractivity contribution is 5.15. The van der Waals surface area contributed by atoms with Gasteiger partial charge in [-0.2, -0.15) is 0 Å². The van der Waals surface area contributed by atoms with Crippen molar-refractivity contribution in [2.75, 3.05) is 0 Å². The van der Waals surface area contributed by atoms with Crippen LogP contribution in [0.5, 0.6) is 0 Å². The van der Waals surface area contributed by atoms with Gasteiger partial charge in [-0.25, -0.2) is 8.78 Å². The van der Waals surface area contributed by atoms with Gasteiger partial charge >= 0.3 is 0 Å². The zero-order valence-electron chi connectivity index (χ0n) is 10.7. The summed E-state index contributed by atoms with van der Waals surface area (Å²) < 4.78 is 25.7. The second-order valence-electron chi connectivity index (χ2n) is 5.31. The van der Waals surface area contributed by atoms with E-state index < -0.39 is 12.3 Å². The Morgan fingerprint density at radius 3 is 2.44 bits per heavy atom. The van der Waals surface area contributed by atoms with Crippen molar-refractivity contribution in [2.45, 2.75) is 65.7 Å². The van der Waals surface area contributed by atoms with Crippen LogP contribution in [0.15, 0.2) is 11.6 Å². The van der Waals surface area contributed by atoms with E-state index in [1.807, 2.05) is 6.92 Å². The number of halogens is 2. The summed E-state index contributed by atoms with van der Waals surface area (Å²) in [6, 6.07) is 0. The van der Waals surface area contributed by atoms with Gasteiger partial charge in [-0.15, -0.1) is 0 Å². The molecule has 2 atom stereocenters. The van der Waals surface area contributed by atoms with Gasteiger partial charge in [-0.1, -0.05) is 31.9 Å². The predicted octanol–water partition coefficient (Wildman–Crippen LogP) is 5.19. The minimum atomic E-state index is -2.16. The molecule has 0 fully saturated rings. The summed E-state index contributed by atoms with van der Waals surface area (Å²) >= 11 is 0. The minimum absolute atomic E-state index is 0.0793. The summed E-state index contributed by atoms with van der Waals surface area (Å²) in [5, 5.41) is 0. The molecular formula is C14H24F2. The van der Waals surface area contributed by atoms with E-state index in [9.17, 15) is 8.78 Å². The van der Waals surface area contributed by atoms with Gasteiger partial charge in [0.25, 0.3) is 0 Å². The average Bonchev–Trinajstić information content (AvgIpc) is 2.57. The smallest absolute Gasteiger partial charge is 0.210 e. The lowest BCUT2D eigenvalue weighted by molar-refractivity contribution is 0.0482. The van der Waals surface area contributed by atoms with Gasteiger partial charge in [-0.3, -0.25) is 0 Å². The molecule has 0 aromatic heterocycles. The SMILES string of the molecule is CCCC1(C[C@@H](CC)C(F)F)C=C(C)CC1. The third kappa shape index (κ3) is 3.29. The molecule has 2 heteroatoms. The van der Waals surface area contributed by atoms with Crippen LogP contribution in [0.25, 0.3) is 0 Å². The number of allylic oxidation sites excluding steroid dienone is 2. The van der Waals surface area contributed by atoms with Gasteiger partial charge in [0.15, 0.2) is 0 Å². The summed E-state index contributed by atoms with van der Waals surface area (Å²) in [5.74, 6) is -0.423. The Morgan fingerprint density at radius 2 is 2.06 bits per heavy atom. The molecule has 1 unspecified atom stereocenters. The molecule has 0 saturated carbocycles. The molecule has 0 bridgehead atoms. The molecule has 94 valence electrons. The summed E-state index contributed by atoms with van der Waals surface area (Å²) in [6.45, 7) is 6.15. The zero-order valence-corrected chi connectivity index (χ0v) is 10.7. The molecule has 0 aromatic rings. The predicted molar refractivity (Wildman–Crippen MR) is 64.7 cm³/mol. The first-order chi connectivity index (χ1) is 7.53. The van der Waals surface area contributed by atoms with E-state index in [0.717, 1.165) is 25.7 Å². The van der Waals surface area contributed by atoms with Crippen LogP contribution >= 0.6 is 0 Å². The Bertz CT molecular complexity index is 245. The van der Waals surface area contributed by atoms with E-state index in [1.165, 1.54) is 5.57 Å². The first kappa shape index (κ1) is 13.7. The van der Waals surface area contributed by atoms with Crippen molar-refractivity contribution < 1.29 is 8.78 Å². The molecule has 0 aliphatic heterocycles. The molecule has 1 rings (SSSR count). The van der Waals surface area contributed by atoms with Gasteiger partial charge in [0.2, 0.25) is 6.43 Å². The highest BCUT2D eigenvalue weighted by Crippen LogP contribution is 2.46. The lowest BCUT2D eigenvalue weighted by Gasteiger charge is -2.31. The summed E-state index contributed by atoms with van der Waals surface area (Å²) in [4.78, 5) is 0. The van der Waals surface area contributed by atoms with E-state index in [-0.39, 0.29) is 5.41 Å². The van der Waals surface area contributed by atoms with Crippen molar-refractivity contribution in [3.05, 3.63) is 11.6 Å². The van der Waals surface area contributed by atoms with Crippen LogP contribution in [-0.4, -0.2) is 6.43 Å². The molecule has 0 N–H and O–H groups in total. The highest BCUT2D eigenvalue weighted by atomic mass is 19.3. The third-order valence-electron chi connectivity index (χ3n) is 3.87. The molecule has 0 aromatic carbocycles. The Hall–Kier alpha value is -0.400. The summed E-state index contributed by atoms with van der Waals surface area (Å²) in [6.07, 6.45) is 5.71. The molecule has 1 aliphatic carbocycles. The molecule has 0 amide bonds. The molecule has 1 aliphatic rings. The van der Waals surface area contributed by atoms with Crippen LogP contribution < -0.4 is 0 Å². The monoisotopic (exact) mass is 230 g/mol. The van der Waals surface area contributed by atoms with E-state index in [4.69, 9.17) is 0 Å². The van der Waals surface area contributed by atoms with Crippen molar-refractivity contribution in [3.8, 4) is 0 Å². The van der Waals surface area contributed by atoms with E-state index in [1.54, 1.807) is 0 Å². The molecule has 0 saturated heterocycles. The zero-order chi connectivity index (χ0) is 12.2. The Morgan fingerprint density at radius 1 is 1.38 bits per heavy atom. The Labute approximate surface area is 98.1 Å². The number of hydrogen-bond donors (Lipinski definition) is 0. The van der Waals surface area contributed by atoms with Crippen molar-refractivity contribution in [1.29, 1.82) is 0 Å². The van der Waals surface area contributed by atoms with Gasteiger partial charge in [0, 0.05) is 5.92 Å². The first-order valence-corrected chi connectivity index (χ1v) is 6.49. The largest absolute Gasteiger partial charge is 0.241 e. The van der Waals surface area contributed by atoms with Crippen LogP contribution in [0.3, 0.4) is 0 Å². The van der Waals surface area contributed by atoms with Crippen LogP contribution in [0.2, 0.25) is 0 Å². The summed E-state index contributed by atoms with van der Waals surface area (Å²) in [5.41, 5.74) is 1.47. The molecular weight excluding hydrogens is 206 g/mol. The number of hydrogen-bond acceptors (Lipinski definition) is 0. The summed E-state index contributed by atoms with van der Waals surface area (Å²) in [7, 11) is 0. The van der Waals surface area contributed by atoms with Gasteiger partial charge in [0.1, 0.15) is 0 Å². The second kappa shape index (κ2) is 5.79. The van der Waals surface area contributed by atoms with E-state index >= 15 is 0 Å². The van der Waals surface area contributed by atoms with Crippen molar-refractivity contribution in [1.82, 2.24) is 0 Å². The standard InChI is InChI=1S/C14H24F2/c1-4-7-14(8-6-11(3)9-14)10-12(5-2)13(15)16/h9,12-13H,4-8,10H2,1-3H3/t12-,14?/m1/s1. The van der Waals surface area contributed by atoms with Gasteiger partial charge in [0.05, 0.1) is 0 Å². The second-order valence-corrected chi connectivity index (χ2v) is 5.31. The van der Waals surface area contributed by atoms with Crippen molar-refractivity contribution in [3.63, 3.8) is 0 Å². The molecule has 16 heavy (non-hydrogen) atoms. The Kier molecular flexibility index (Phi) is 4.94. The first-order valence-electron chi connectivity index (χ1n) is 6.49. The van der Waals surface area contributed by atoms with Crippen molar-refractivity contribution in [2.24, 2.45) is 11.3 Å². The lowest BCUT2D eigenvalue weighted by atomic mass is 9.75. The molecule has 0 heterocycles. The normalized spacial score (nSPS) is 27.2. The lowest BCUT2D eigenvalue weighted by Crippen LogP contribution is -2.23. The van der Waals surface area contributed by atoms with E-state index in [2.05, 4.69) is 19.9 Å². The van der Waals surface area contributed by atoms with E-state index in [0.29, 0.717) is 12.8 Å². The maximum absolute atomic E-state index is 12.8. The van der Waals surface area contributed by atoms with Crippen molar-refractivity contribution >= 4 is 0 Å². The van der Waals surface area contributed by atoms with Gasteiger partial charge in [-0.05, 0) is 44.4 Å². The maximum Gasteiger partial charge on any atom is 0.241 e. The molecule has 0 nitrogen and oxygen atoms in total. The molecule has 0 spiro atoms. The fraction of sp³-hybridized carbons (Fsp3) is 0.857. The Balaban J connectivity index is 2.71. The van der Waals surface area contributed by atoms with Crippen LogP contribution in [0.1, 0.15) is 59.3 Å². The van der Waals surface area contributed by atoms with Crippen LogP contribution in [-0.2, 0) is 0 Å². The topological polar surface area (TPSA) is 0 Å². The van der Waals surface area contributed by atoms with Crippen LogP contribution in [0, 0.1) is 11.3 Å². The third-order valence-corrected chi connectivity index (χ3v) is 3.87. The fourth-order valence-corrected chi connectivity index (χ4v) is 3.01. The highest BCUT2D eigenvalue weighted by Gasteiger charge is 2.35. The molecule has 0 radical (unpaired) electrons. The number of rotatable bonds is 6. The van der Waals surface area contributed by atoms with Crippen LogP contribution in [0.4, 0.5) is 8.78 Å². The number of alkyl halides is 2. The minimum Gasteiger partial charge on any atom is -0.210 e. The fourth-order valence-electron chi connectivity index (χ4n) is 3.01. The van der Waals surface area contributed by atoms with Gasteiger partial charge < -0.3 is 0 Å². The average molecular weight is 230 g/mol. The maximum atomic E-state index is 12.8.